The summed E-state index contributed by atoms with van der Waals surface area (Å²) in [5, 5.41) is 13.3. The van der Waals surface area contributed by atoms with Crippen LogP contribution in [0.2, 0.25) is 0 Å². The van der Waals surface area contributed by atoms with Gasteiger partial charge in [-0.2, -0.15) is 0 Å². The maximum absolute atomic E-state index is 13.6. The summed E-state index contributed by atoms with van der Waals surface area (Å²) in [6.45, 7) is 14.3. The van der Waals surface area contributed by atoms with Crippen molar-refractivity contribution in [3.8, 4) is 5.75 Å². The second-order valence-corrected chi connectivity index (χ2v) is 11.5. The van der Waals surface area contributed by atoms with E-state index < -0.39 is 6.04 Å². The first-order chi connectivity index (χ1) is 16.4. The van der Waals surface area contributed by atoms with Crippen molar-refractivity contribution in [1.29, 1.82) is 0 Å². The predicted octanol–water partition coefficient (Wildman–Crippen LogP) is 5.67. The van der Waals surface area contributed by atoms with Gasteiger partial charge in [0, 0.05) is 43.9 Å². The number of hydrogen-bond donors (Lipinski definition) is 2. The number of hydrogen-bond acceptors (Lipinski definition) is 4. The third-order valence-corrected chi connectivity index (χ3v) is 7.41. The maximum atomic E-state index is 13.6. The van der Waals surface area contributed by atoms with Gasteiger partial charge in [-0.3, -0.25) is 9.59 Å². The van der Waals surface area contributed by atoms with Crippen molar-refractivity contribution >= 4 is 35.6 Å². The fourth-order valence-electron chi connectivity index (χ4n) is 5.21. The van der Waals surface area contributed by atoms with Crippen LogP contribution in [0.15, 0.2) is 24.3 Å². The zero-order valence-corrected chi connectivity index (χ0v) is 23.2. The molecular formula is C29H40ClN3O3. The number of phenols is 1. The van der Waals surface area contributed by atoms with Gasteiger partial charge in [0.2, 0.25) is 11.8 Å². The number of rotatable bonds is 4. The van der Waals surface area contributed by atoms with Crippen LogP contribution in [-0.4, -0.2) is 41.0 Å². The number of benzene rings is 2. The third-order valence-electron chi connectivity index (χ3n) is 7.41. The number of aromatic hydroxyl groups is 1. The first kappa shape index (κ1) is 27.9. The number of nitrogens with one attached hydrogen (secondary N) is 1. The lowest BCUT2D eigenvalue weighted by Crippen LogP contribution is -2.51. The minimum absolute atomic E-state index is 0. The number of carbonyl (C=O) groups excluding carboxylic acids is 2. The molecule has 2 aromatic rings. The van der Waals surface area contributed by atoms with Crippen molar-refractivity contribution in [2.24, 2.45) is 5.41 Å². The van der Waals surface area contributed by atoms with Crippen molar-refractivity contribution in [3.05, 3.63) is 52.1 Å². The molecule has 0 radical (unpaired) electrons. The van der Waals surface area contributed by atoms with E-state index in [1.807, 2.05) is 20.8 Å². The Labute approximate surface area is 221 Å². The Morgan fingerprint density at radius 1 is 1.03 bits per heavy atom. The van der Waals surface area contributed by atoms with Crippen LogP contribution in [0.5, 0.6) is 5.75 Å². The third kappa shape index (κ3) is 5.80. The number of anilines is 2. The molecule has 0 aliphatic carbocycles. The summed E-state index contributed by atoms with van der Waals surface area (Å²) in [6.07, 6.45) is 3.30. The summed E-state index contributed by atoms with van der Waals surface area (Å²) in [4.78, 5) is 31.2. The van der Waals surface area contributed by atoms with Crippen molar-refractivity contribution in [1.82, 2.24) is 4.90 Å². The van der Waals surface area contributed by atoms with E-state index in [0.29, 0.717) is 30.6 Å². The topological polar surface area (TPSA) is 72.9 Å². The molecule has 7 heteroatoms. The molecule has 0 unspecified atom stereocenters. The summed E-state index contributed by atoms with van der Waals surface area (Å²) >= 11 is 0. The molecular weight excluding hydrogens is 474 g/mol. The standard InChI is InChI=1S/C29H39N3O3.ClH/c1-18-13-24(19(2)20(3)27(18)34)30-28(35)25-15-21-9-10-23(31-11-7-8-12-31)14-22(21)17-32(25)26(33)16-29(4,5)6;/h9-10,13-14,25,34H,7-8,11-12,15-17H2,1-6H3,(H,30,35);1H/t25-;/m0./s1. The van der Waals surface area contributed by atoms with Gasteiger partial charge in [-0.1, -0.05) is 26.8 Å². The molecule has 2 amide bonds. The molecule has 4 rings (SSSR count). The highest BCUT2D eigenvalue weighted by atomic mass is 35.5. The number of phenolic OH excluding ortho intramolecular Hbond substituents is 1. The van der Waals surface area contributed by atoms with Gasteiger partial charge in [-0.05, 0) is 85.0 Å². The highest BCUT2D eigenvalue weighted by Crippen LogP contribution is 2.33. The van der Waals surface area contributed by atoms with E-state index in [4.69, 9.17) is 0 Å². The number of aryl methyl sites for hydroxylation is 1. The van der Waals surface area contributed by atoms with E-state index in [0.717, 1.165) is 35.3 Å². The largest absolute Gasteiger partial charge is 0.507 e. The lowest BCUT2D eigenvalue weighted by atomic mass is 9.88. The Hall–Kier alpha value is -2.73. The molecule has 2 aliphatic heterocycles. The smallest absolute Gasteiger partial charge is 0.247 e. The van der Waals surface area contributed by atoms with Crippen molar-refractivity contribution in [3.63, 3.8) is 0 Å². The quantitative estimate of drug-likeness (QED) is 0.517. The van der Waals surface area contributed by atoms with E-state index in [1.54, 1.807) is 11.0 Å². The monoisotopic (exact) mass is 513 g/mol. The minimum Gasteiger partial charge on any atom is -0.507 e. The Balaban J connectivity index is 0.00000361. The fourth-order valence-corrected chi connectivity index (χ4v) is 5.21. The van der Waals surface area contributed by atoms with Crippen LogP contribution in [0.3, 0.4) is 0 Å². The van der Waals surface area contributed by atoms with Crippen LogP contribution >= 0.6 is 12.4 Å². The molecule has 196 valence electrons. The van der Waals surface area contributed by atoms with Crippen LogP contribution in [0.25, 0.3) is 0 Å². The lowest BCUT2D eigenvalue weighted by Gasteiger charge is -2.38. The van der Waals surface area contributed by atoms with E-state index in [9.17, 15) is 14.7 Å². The molecule has 0 bridgehead atoms. The van der Waals surface area contributed by atoms with E-state index in [2.05, 4.69) is 49.2 Å². The fraction of sp³-hybridized carbons (Fsp3) is 0.517. The average molecular weight is 514 g/mol. The number of nitrogens with zero attached hydrogens (tertiary/aromatic N) is 2. The number of fused-ring (bicyclic) bond motifs is 1. The van der Waals surface area contributed by atoms with E-state index in [1.165, 1.54) is 18.5 Å². The van der Waals surface area contributed by atoms with E-state index in [-0.39, 0.29) is 35.4 Å². The van der Waals surface area contributed by atoms with Crippen molar-refractivity contribution in [2.45, 2.75) is 79.8 Å². The van der Waals surface area contributed by atoms with Gasteiger partial charge in [-0.15, -0.1) is 12.4 Å². The highest BCUT2D eigenvalue weighted by Gasteiger charge is 2.36. The second kappa shape index (κ2) is 10.7. The molecule has 0 saturated carbocycles. The molecule has 36 heavy (non-hydrogen) atoms. The number of amides is 2. The Bertz CT molecular complexity index is 1150. The van der Waals surface area contributed by atoms with Gasteiger partial charge in [0.05, 0.1) is 0 Å². The van der Waals surface area contributed by atoms with Crippen LogP contribution < -0.4 is 10.2 Å². The molecule has 1 saturated heterocycles. The molecule has 0 aromatic heterocycles. The Morgan fingerprint density at radius 2 is 1.69 bits per heavy atom. The van der Waals surface area contributed by atoms with Gasteiger partial charge in [-0.25, -0.2) is 0 Å². The zero-order chi connectivity index (χ0) is 25.5. The molecule has 1 atom stereocenters. The van der Waals surface area contributed by atoms with Crippen LogP contribution in [0, 0.1) is 26.2 Å². The normalized spacial score (nSPS) is 17.4. The lowest BCUT2D eigenvalue weighted by molar-refractivity contribution is -0.141. The Kier molecular flexibility index (Phi) is 8.29. The Morgan fingerprint density at radius 3 is 2.33 bits per heavy atom. The van der Waals surface area contributed by atoms with Crippen molar-refractivity contribution in [2.75, 3.05) is 23.3 Å². The summed E-state index contributed by atoms with van der Waals surface area (Å²) in [6, 6.07) is 7.72. The second-order valence-electron chi connectivity index (χ2n) is 11.5. The van der Waals surface area contributed by atoms with Gasteiger partial charge < -0.3 is 20.2 Å². The van der Waals surface area contributed by atoms with Crippen LogP contribution in [0.1, 0.15) is 67.9 Å². The van der Waals surface area contributed by atoms with Crippen LogP contribution in [0.4, 0.5) is 11.4 Å². The van der Waals surface area contributed by atoms with Crippen molar-refractivity contribution < 1.29 is 14.7 Å². The highest BCUT2D eigenvalue weighted by molar-refractivity contribution is 5.98. The van der Waals surface area contributed by atoms with E-state index >= 15 is 0 Å². The number of halogens is 1. The molecule has 2 heterocycles. The minimum atomic E-state index is -0.580. The average Bonchev–Trinajstić information content (AvgIpc) is 3.33. The molecule has 2 aliphatic rings. The van der Waals surface area contributed by atoms with Crippen LogP contribution in [-0.2, 0) is 22.6 Å². The molecule has 2 aromatic carbocycles. The molecule has 2 N–H and O–H groups in total. The summed E-state index contributed by atoms with van der Waals surface area (Å²) < 4.78 is 0. The number of carbonyl (C=O) groups is 2. The first-order valence-electron chi connectivity index (χ1n) is 12.7. The zero-order valence-electron chi connectivity index (χ0n) is 22.4. The molecule has 1 fully saturated rings. The van der Waals surface area contributed by atoms with Gasteiger partial charge in [0.15, 0.2) is 0 Å². The maximum Gasteiger partial charge on any atom is 0.247 e. The SMILES string of the molecule is Cc1cc(NC(=O)[C@@H]2Cc3ccc(N4CCCC4)cc3CN2C(=O)CC(C)(C)C)c(C)c(C)c1O.Cl. The van der Waals surface area contributed by atoms with Gasteiger partial charge >= 0.3 is 0 Å². The van der Waals surface area contributed by atoms with Gasteiger partial charge in [0.25, 0.3) is 0 Å². The summed E-state index contributed by atoms with van der Waals surface area (Å²) in [5.74, 6) is 0.0710. The first-order valence-corrected chi connectivity index (χ1v) is 12.7. The summed E-state index contributed by atoms with van der Waals surface area (Å²) in [7, 11) is 0. The van der Waals surface area contributed by atoms with Gasteiger partial charge in [0.1, 0.15) is 11.8 Å². The molecule has 0 spiro atoms. The molecule has 6 nitrogen and oxygen atoms in total. The summed E-state index contributed by atoms with van der Waals surface area (Å²) in [5.41, 5.74) is 6.28. The predicted molar refractivity (Wildman–Crippen MR) is 148 cm³/mol.